The Morgan fingerprint density at radius 3 is 1.48 bits per heavy atom. The number of hydrogen-bond acceptors (Lipinski definition) is 15. The Labute approximate surface area is 475 Å². The lowest BCUT2D eigenvalue weighted by atomic mass is 9.96. The molecule has 0 aliphatic rings. The highest BCUT2D eigenvalue weighted by molar-refractivity contribution is 5.98. The molecule has 0 bridgehead atoms. The molecule has 1 rings (SSSR count). The van der Waals surface area contributed by atoms with E-state index in [1.165, 1.54) is 58.0 Å². The molecule has 1 aromatic heterocycles. The third-order valence-corrected chi connectivity index (χ3v) is 13.7. The molecule has 460 valence electrons. The Morgan fingerprint density at radius 2 is 0.988 bits per heavy atom. The van der Waals surface area contributed by atoms with Gasteiger partial charge < -0.3 is 80.0 Å². The molecule has 0 saturated carbocycles. The molecular formula is C54H95N13O14. The molecule has 0 aliphatic heterocycles. The first-order chi connectivity index (χ1) is 38.4. The van der Waals surface area contributed by atoms with Gasteiger partial charge in [0, 0.05) is 37.6 Å². The molecule has 0 saturated heterocycles. The van der Waals surface area contributed by atoms with Crippen molar-refractivity contribution in [2.75, 3.05) is 13.2 Å². The molecule has 27 heteroatoms. The minimum absolute atomic E-state index is 0.0434. The van der Waals surface area contributed by atoms with E-state index in [0.29, 0.717) is 18.5 Å². The van der Waals surface area contributed by atoms with Crippen LogP contribution in [0, 0.1) is 11.8 Å². The van der Waals surface area contributed by atoms with Crippen LogP contribution in [0.3, 0.4) is 0 Å². The summed E-state index contributed by atoms with van der Waals surface area (Å²) in [4.78, 5) is 152. The summed E-state index contributed by atoms with van der Waals surface area (Å²) in [6, 6.07) is -12.0. The van der Waals surface area contributed by atoms with Gasteiger partial charge in [-0.15, -0.1) is 0 Å². The predicted octanol–water partition coefficient (Wildman–Crippen LogP) is -0.649. The predicted molar refractivity (Wildman–Crippen MR) is 299 cm³/mol. The maximum atomic E-state index is 14.2. The van der Waals surface area contributed by atoms with Crippen molar-refractivity contribution in [3.63, 3.8) is 0 Å². The lowest BCUT2D eigenvalue weighted by Gasteiger charge is -2.30. The fraction of sp³-hybridized carbons (Fsp3) is 0.741. The lowest BCUT2D eigenvalue weighted by molar-refractivity contribution is -0.142. The Hall–Kier alpha value is -6.74. The van der Waals surface area contributed by atoms with E-state index >= 15 is 0 Å². The SMILES string of the molecule is CCCCCCCCCCCCCC(=O)N[C@@H](CO)C(=O)N[C@@H](C(=O)N[C@@H](Cc1cnc[nH]1)C(=O)N[C@@H](C(=O)N[C@H](C(=O)N[C@H](CCC(N)=O)C(=O)N[C@@H](CCCCN)C(=O)N[C@H](CCC(N)=O)C(=O)O)C(C)CC)C(C)O)C(C)C. The number of carbonyl (C=O) groups excluding carboxylic acids is 10. The van der Waals surface area contributed by atoms with Gasteiger partial charge in [0.1, 0.15) is 48.3 Å². The number of nitrogens with zero attached hydrogens (tertiary/aromatic N) is 1. The first-order valence-electron chi connectivity index (χ1n) is 28.6. The summed E-state index contributed by atoms with van der Waals surface area (Å²) in [6.45, 7) is 9.34. The normalized spacial score (nSPS) is 14.9. The average Bonchev–Trinajstić information content (AvgIpc) is 3.93. The zero-order chi connectivity index (χ0) is 61.0. The molecule has 0 radical (unpaired) electrons. The first kappa shape index (κ1) is 72.3. The molecule has 18 N–H and O–H groups in total. The van der Waals surface area contributed by atoms with Crippen molar-refractivity contribution >= 4 is 65.0 Å². The number of rotatable bonds is 45. The molecular weight excluding hydrogens is 1050 g/mol. The number of hydrogen-bond donors (Lipinski definition) is 15. The summed E-state index contributed by atoms with van der Waals surface area (Å²) >= 11 is 0. The minimum atomic E-state index is -1.78. The van der Waals surface area contributed by atoms with E-state index in [9.17, 15) is 68.1 Å². The second-order valence-corrected chi connectivity index (χ2v) is 21.1. The monoisotopic (exact) mass is 1150 g/mol. The van der Waals surface area contributed by atoms with Crippen LogP contribution in [0.5, 0.6) is 0 Å². The Kier molecular flexibility index (Phi) is 36.1. The molecule has 27 nitrogen and oxygen atoms in total. The number of primary amides is 2. The van der Waals surface area contributed by atoms with Crippen LogP contribution < -0.4 is 59.7 Å². The van der Waals surface area contributed by atoms with Crippen molar-refractivity contribution in [2.24, 2.45) is 29.0 Å². The minimum Gasteiger partial charge on any atom is -0.480 e. The number of H-pyrrole nitrogens is 1. The zero-order valence-electron chi connectivity index (χ0n) is 48.3. The highest BCUT2D eigenvalue weighted by atomic mass is 16.4. The number of aliphatic hydroxyl groups is 2. The van der Waals surface area contributed by atoms with Crippen molar-refractivity contribution in [1.82, 2.24) is 52.5 Å². The van der Waals surface area contributed by atoms with Crippen molar-refractivity contribution in [3.05, 3.63) is 18.2 Å². The van der Waals surface area contributed by atoms with E-state index in [4.69, 9.17) is 17.2 Å². The summed E-state index contributed by atoms with van der Waals surface area (Å²) in [6.07, 6.45) is 12.3. The van der Waals surface area contributed by atoms with E-state index in [1.807, 2.05) is 0 Å². The van der Waals surface area contributed by atoms with Gasteiger partial charge in [-0.2, -0.15) is 0 Å². The molecule has 1 aromatic rings. The first-order valence-corrected chi connectivity index (χ1v) is 28.6. The Balaban J connectivity index is 3.30. The quantitative estimate of drug-likeness (QED) is 0.0361. The fourth-order valence-electron chi connectivity index (χ4n) is 8.56. The molecule has 1 heterocycles. The number of carboxylic acids is 1. The van der Waals surface area contributed by atoms with Crippen molar-refractivity contribution in [3.8, 4) is 0 Å². The Bertz CT molecular complexity index is 2130. The summed E-state index contributed by atoms with van der Waals surface area (Å²) in [5.74, 6) is -11.5. The van der Waals surface area contributed by atoms with Gasteiger partial charge in [-0.25, -0.2) is 9.78 Å². The highest BCUT2D eigenvalue weighted by Crippen LogP contribution is 2.15. The molecule has 10 amide bonds. The topological polar surface area (TPSA) is 451 Å². The number of amides is 10. The number of aromatic amines is 1. The van der Waals surface area contributed by atoms with Gasteiger partial charge in [0.05, 0.1) is 19.0 Å². The zero-order valence-corrected chi connectivity index (χ0v) is 48.3. The number of imidazole rings is 1. The summed E-state index contributed by atoms with van der Waals surface area (Å²) in [7, 11) is 0. The van der Waals surface area contributed by atoms with Gasteiger partial charge in [0.15, 0.2) is 0 Å². The molecule has 0 fully saturated rings. The number of unbranched alkanes of at least 4 members (excludes halogenated alkanes) is 11. The maximum absolute atomic E-state index is 14.2. The van der Waals surface area contributed by atoms with E-state index in [0.717, 1.165) is 25.7 Å². The molecule has 10 atom stereocenters. The molecule has 2 unspecified atom stereocenters. The summed E-state index contributed by atoms with van der Waals surface area (Å²) in [5, 5.41) is 50.7. The van der Waals surface area contributed by atoms with Crippen LogP contribution in [0.2, 0.25) is 0 Å². The van der Waals surface area contributed by atoms with E-state index < -0.39 is 151 Å². The van der Waals surface area contributed by atoms with E-state index in [2.05, 4.69) is 59.4 Å². The Morgan fingerprint density at radius 1 is 0.531 bits per heavy atom. The number of nitrogens with two attached hydrogens (primary N) is 3. The van der Waals surface area contributed by atoms with Gasteiger partial charge in [-0.3, -0.25) is 47.9 Å². The largest absolute Gasteiger partial charge is 0.480 e. The van der Waals surface area contributed by atoms with E-state index in [-0.39, 0.29) is 51.5 Å². The summed E-state index contributed by atoms with van der Waals surface area (Å²) < 4.78 is 0. The smallest absolute Gasteiger partial charge is 0.326 e. The van der Waals surface area contributed by atoms with Crippen molar-refractivity contribution in [1.29, 1.82) is 0 Å². The highest BCUT2D eigenvalue weighted by Gasteiger charge is 2.38. The van der Waals surface area contributed by atoms with Crippen LogP contribution in [0.4, 0.5) is 0 Å². The standard InChI is InChI=1S/C54H95N13O14/c1-7-9-10-11-12-13-14-15-16-17-18-22-43(72)60-40(30-68)50(76)65-44(32(3)4)51(77)64-39(28-35-29-58-31-59-35)49(75)67-46(34(6)69)53(79)66-45(33(5)8-2)52(78)62-37(23-25-41(56)70)48(74)61-36(21-19-20-27-55)47(73)63-38(54(80)81)24-26-42(57)71/h29,31-34,36-40,44-46,68-69H,7-28,30,55H2,1-6H3,(H2,56,70)(H2,57,71)(H,58,59)(H,60,72)(H,61,74)(H,62,78)(H,63,73)(H,64,77)(H,65,76)(H,66,79)(H,67,75)(H,80,81)/t33?,34?,36-,37+,38+,39-,40-,44+,45-,46+/m0/s1. The van der Waals surface area contributed by atoms with Gasteiger partial charge in [0.2, 0.25) is 59.1 Å². The fourth-order valence-corrected chi connectivity index (χ4v) is 8.56. The van der Waals surface area contributed by atoms with Crippen molar-refractivity contribution in [2.45, 2.75) is 231 Å². The maximum Gasteiger partial charge on any atom is 0.326 e. The number of carboxylic acid groups (broad SMARTS) is 1. The van der Waals surface area contributed by atoms with Gasteiger partial charge in [0.25, 0.3) is 0 Å². The van der Waals surface area contributed by atoms with Crippen LogP contribution >= 0.6 is 0 Å². The molecule has 81 heavy (non-hydrogen) atoms. The van der Waals surface area contributed by atoms with Gasteiger partial charge in [-0.1, -0.05) is 105 Å². The number of aliphatic hydroxyl groups excluding tert-OH is 2. The second kappa shape index (κ2) is 40.4. The number of nitrogens with one attached hydrogen (secondary N) is 9. The van der Waals surface area contributed by atoms with Crippen LogP contribution in [0.25, 0.3) is 0 Å². The average molecular weight is 1150 g/mol. The van der Waals surface area contributed by atoms with Crippen LogP contribution in [0.1, 0.15) is 176 Å². The van der Waals surface area contributed by atoms with Crippen LogP contribution in [0.15, 0.2) is 12.5 Å². The summed E-state index contributed by atoms with van der Waals surface area (Å²) in [5.41, 5.74) is 16.6. The molecule has 0 aromatic carbocycles. The van der Waals surface area contributed by atoms with Crippen LogP contribution in [-0.4, -0.2) is 158 Å². The second-order valence-electron chi connectivity index (χ2n) is 21.1. The molecule has 0 aliphatic carbocycles. The third kappa shape index (κ3) is 29.5. The molecule has 0 spiro atoms. The van der Waals surface area contributed by atoms with Gasteiger partial charge >= 0.3 is 5.97 Å². The number of aliphatic carboxylic acids is 1. The van der Waals surface area contributed by atoms with Gasteiger partial charge in [-0.05, 0) is 63.8 Å². The third-order valence-electron chi connectivity index (χ3n) is 13.7. The van der Waals surface area contributed by atoms with E-state index in [1.54, 1.807) is 27.7 Å². The number of carbonyl (C=O) groups is 11. The van der Waals surface area contributed by atoms with Crippen molar-refractivity contribution < 1.29 is 68.1 Å². The number of aromatic nitrogens is 2. The van der Waals surface area contributed by atoms with Crippen LogP contribution in [-0.2, 0) is 59.2 Å². The lowest BCUT2D eigenvalue weighted by Crippen LogP contribution is -2.63.